The summed E-state index contributed by atoms with van der Waals surface area (Å²) in [6.45, 7) is 0.302. The number of nitriles is 3. The van der Waals surface area contributed by atoms with Gasteiger partial charge in [0.05, 0.1) is 31.6 Å². The van der Waals surface area contributed by atoms with Crippen LogP contribution in [0.5, 0.6) is 5.75 Å². The monoisotopic (exact) mass is 263 g/mol. The van der Waals surface area contributed by atoms with Crippen LogP contribution in [0.3, 0.4) is 0 Å². The van der Waals surface area contributed by atoms with E-state index in [4.69, 9.17) is 20.5 Å². The molecule has 2 rings (SSSR count). The van der Waals surface area contributed by atoms with E-state index >= 15 is 0 Å². The SMILES string of the molecule is COc1ccc(C#N)cc1Cn1cnc(C#N)c1C#N. The molecule has 0 bridgehead atoms. The third-order valence-electron chi connectivity index (χ3n) is 2.80. The summed E-state index contributed by atoms with van der Waals surface area (Å²) in [5, 5.41) is 26.9. The zero-order valence-corrected chi connectivity index (χ0v) is 10.7. The molecule has 0 amide bonds. The number of aromatic nitrogens is 2. The van der Waals surface area contributed by atoms with Gasteiger partial charge >= 0.3 is 0 Å². The number of nitrogens with zero attached hydrogens (tertiary/aromatic N) is 5. The molecular formula is C14H9N5O. The first-order valence-electron chi connectivity index (χ1n) is 5.65. The lowest BCUT2D eigenvalue weighted by molar-refractivity contribution is 0.408. The van der Waals surface area contributed by atoms with Gasteiger partial charge in [0, 0.05) is 5.56 Å². The Morgan fingerprint density at radius 1 is 1.20 bits per heavy atom. The van der Waals surface area contributed by atoms with Gasteiger partial charge in [0.15, 0.2) is 11.4 Å². The van der Waals surface area contributed by atoms with Crippen LogP contribution >= 0.6 is 0 Å². The molecule has 0 aliphatic rings. The standard InChI is InChI=1S/C14H9N5O/c1-20-14-3-2-10(5-15)4-11(14)8-19-9-18-12(6-16)13(19)7-17/h2-4,9H,8H2,1H3. The Hall–Kier alpha value is -3.30. The highest BCUT2D eigenvalue weighted by atomic mass is 16.5. The summed E-state index contributed by atoms with van der Waals surface area (Å²) < 4.78 is 6.79. The van der Waals surface area contributed by atoms with Crippen LogP contribution in [0.4, 0.5) is 0 Å². The summed E-state index contributed by atoms with van der Waals surface area (Å²) in [6.07, 6.45) is 1.43. The first kappa shape index (κ1) is 13.1. The molecule has 6 heteroatoms. The molecule has 0 aliphatic carbocycles. The van der Waals surface area contributed by atoms with Crippen molar-refractivity contribution in [2.24, 2.45) is 0 Å². The topological polar surface area (TPSA) is 98.4 Å². The number of rotatable bonds is 3. The Labute approximate surface area is 115 Å². The second-order valence-corrected chi connectivity index (χ2v) is 3.93. The minimum Gasteiger partial charge on any atom is -0.496 e. The quantitative estimate of drug-likeness (QED) is 0.836. The molecule has 0 atom stereocenters. The van der Waals surface area contributed by atoms with Gasteiger partial charge in [0.1, 0.15) is 17.9 Å². The molecule has 0 saturated carbocycles. The number of hydrogen-bond donors (Lipinski definition) is 0. The summed E-state index contributed by atoms with van der Waals surface area (Å²) in [4.78, 5) is 3.87. The maximum absolute atomic E-state index is 9.08. The van der Waals surface area contributed by atoms with Gasteiger partial charge in [-0.1, -0.05) is 0 Å². The van der Waals surface area contributed by atoms with E-state index in [9.17, 15) is 0 Å². The lowest BCUT2D eigenvalue weighted by Crippen LogP contribution is -2.04. The Kier molecular flexibility index (Phi) is 3.65. The van der Waals surface area contributed by atoms with Crippen LogP contribution in [0.15, 0.2) is 24.5 Å². The highest BCUT2D eigenvalue weighted by Gasteiger charge is 2.12. The van der Waals surface area contributed by atoms with Crippen molar-refractivity contribution in [2.45, 2.75) is 6.54 Å². The molecule has 20 heavy (non-hydrogen) atoms. The zero-order chi connectivity index (χ0) is 14.5. The van der Waals surface area contributed by atoms with E-state index in [1.165, 1.54) is 13.4 Å². The van der Waals surface area contributed by atoms with Crippen molar-refractivity contribution in [1.29, 1.82) is 15.8 Å². The Balaban J connectivity index is 2.45. The van der Waals surface area contributed by atoms with Crippen LogP contribution in [0.2, 0.25) is 0 Å². The van der Waals surface area contributed by atoms with Gasteiger partial charge in [0.25, 0.3) is 0 Å². The van der Waals surface area contributed by atoms with Crippen LogP contribution in [0.25, 0.3) is 0 Å². The molecule has 96 valence electrons. The molecule has 0 unspecified atom stereocenters. The molecular weight excluding hydrogens is 254 g/mol. The van der Waals surface area contributed by atoms with E-state index in [0.717, 1.165) is 5.56 Å². The zero-order valence-electron chi connectivity index (χ0n) is 10.7. The van der Waals surface area contributed by atoms with Gasteiger partial charge in [0.2, 0.25) is 0 Å². The second kappa shape index (κ2) is 5.56. The predicted octanol–water partition coefficient (Wildman–Crippen LogP) is 1.56. The molecule has 0 aliphatic heterocycles. The number of ether oxygens (including phenoxy) is 1. The van der Waals surface area contributed by atoms with Crippen LogP contribution in [-0.4, -0.2) is 16.7 Å². The normalized spacial score (nSPS) is 9.30. The van der Waals surface area contributed by atoms with E-state index in [2.05, 4.69) is 11.1 Å². The first-order valence-corrected chi connectivity index (χ1v) is 5.65. The summed E-state index contributed by atoms with van der Waals surface area (Å²) in [6, 6.07) is 10.9. The van der Waals surface area contributed by atoms with Crippen molar-refractivity contribution in [3.63, 3.8) is 0 Å². The van der Waals surface area contributed by atoms with Gasteiger partial charge in [-0.25, -0.2) is 4.98 Å². The summed E-state index contributed by atoms with van der Waals surface area (Å²) in [7, 11) is 1.53. The predicted molar refractivity (Wildman–Crippen MR) is 68.5 cm³/mol. The maximum Gasteiger partial charge on any atom is 0.176 e. The largest absolute Gasteiger partial charge is 0.496 e. The molecule has 0 N–H and O–H groups in total. The fraction of sp³-hybridized carbons (Fsp3) is 0.143. The fourth-order valence-electron chi connectivity index (χ4n) is 1.86. The van der Waals surface area contributed by atoms with Crippen LogP contribution < -0.4 is 4.74 Å². The summed E-state index contributed by atoms with van der Waals surface area (Å²) >= 11 is 0. The van der Waals surface area contributed by atoms with Crippen molar-refractivity contribution in [3.8, 4) is 24.0 Å². The molecule has 2 aromatic rings. The third kappa shape index (κ3) is 2.29. The molecule has 0 saturated heterocycles. The number of hydrogen-bond acceptors (Lipinski definition) is 5. The van der Waals surface area contributed by atoms with Crippen LogP contribution in [-0.2, 0) is 6.54 Å². The van der Waals surface area contributed by atoms with E-state index < -0.39 is 0 Å². The van der Waals surface area contributed by atoms with E-state index in [-0.39, 0.29) is 11.4 Å². The van der Waals surface area contributed by atoms with E-state index in [0.29, 0.717) is 17.9 Å². The highest BCUT2D eigenvalue weighted by molar-refractivity contribution is 5.43. The van der Waals surface area contributed by atoms with Crippen molar-refractivity contribution in [3.05, 3.63) is 47.0 Å². The Morgan fingerprint density at radius 3 is 2.60 bits per heavy atom. The summed E-state index contributed by atoms with van der Waals surface area (Å²) in [5.41, 5.74) is 1.52. The molecule has 1 aromatic heterocycles. The maximum atomic E-state index is 9.08. The summed E-state index contributed by atoms with van der Waals surface area (Å²) in [5.74, 6) is 0.611. The smallest absolute Gasteiger partial charge is 0.176 e. The molecule has 1 heterocycles. The van der Waals surface area contributed by atoms with Crippen molar-refractivity contribution in [2.75, 3.05) is 7.11 Å². The van der Waals surface area contributed by atoms with Crippen molar-refractivity contribution in [1.82, 2.24) is 9.55 Å². The average Bonchev–Trinajstić information content (AvgIpc) is 2.88. The second-order valence-electron chi connectivity index (χ2n) is 3.93. The van der Waals surface area contributed by atoms with Crippen LogP contribution in [0, 0.1) is 34.0 Å². The fourth-order valence-corrected chi connectivity index (χ4v) is 1.86. The van der Waals surface area contributed by atoms with E-state index in [1.54, 1.807) is 22.8 Å². The molecule has 1 aromatic carbocycles. The molecule has 0 fully saturated rings. The minimum atomic E-state index is 0.0860. The van der Waals surface area contributed by atoms with Gasteiger partial charge in [-0.05, 0) is 18.2 Å². The van der Waals surface area contributed by atoms with Gasteiger partial charge in [-0.2, -0.15) is 15.8 Å². The number of imidazole rings is 1. The van der Waals surface area contributed by atoms with Crippen LogP contribution in [0.1, 0.15) is 22.5 Å². The first-order chi connectivity index (χ1) is 9.73. The lowest BCUT2D eigenvalue weighted by atomic mass is 10.1. The third-order valence-corrected chi connectivity index (χ3v) is 2.80. The number of methoxy groups -OCH3 is 1. The van der Waals surface area contributed by atoms with Gasteiger partial charge in [-0.15, -0.1) is 0 Å². The molecule has 0 radical (unpaired) electrons. The van der Waals surface area contributed by atoms with Crippen molar-refractivity contribution < 1.29 is 4.74 Å². The molecule has 0 spiro atoms. The van der Waals surface area contributed by atoms with Gasteiger partial charge in [-0.3, -0.25) is 0 Å². The highest BCUT2D eigenvalue weighted by Crippen LogP contribution is 2.21. The molecule has 6 nitrogen and oxygen atoms in total. The lowest BCUT2D eigenvalue weighted by Gasteiger charge is -2.10. The average molecular weight is 263 g/mol. The number of benzene rings is 1. The Morgan fingerprint density at radius 2 is 2.00 bits per heavy atom. The minimum absolute atomic E-state index is 0.0860. The van der Waals surface area contributed by atoms with Gasteiger partial charge < -0.3 is 9.30 Å². The Bertz CT molecular complexity index is 770. The van der Waals surface area contributed by atoms with E-state index in [1.807, 2.05) is 12.1 Å². The van der Waals surface area contributed by atoms with Crippen molar-refractivity contribution >= 4 is 0 Å².